The summed E-state index contributed by atoms with van der Waals surface area (Å²) in [7, 11) is 0. The van der Waals surface area contributed by atoms with E-state index in [-0.39, 0.29) is 17.8 Å². The van der Waals surface area contributed by atoms with Crippen molar-refractivity contribution in [3.8, 4) is 0 Å². The van der Waals surface area contributed by atoms with Crippen LogP contribution in [0.3, 0.4) is 0 Å². The molecule has 2 heterocycles. The first-order valence-electron chi connectivity index (χ1n) is 8.94. The summed E-state index contributed by atoms with van der Waals surface area (Å²) in [5.74, 6) is 1.15. The van der Waals surface area contributed by atoms with Gasteiger partial charge in [-0.15, -0.1) is 0 Å². The lowest BCUT2D eigenvalue weighted by atomic mass is 10.1. The summed E-state index contributed by atoms with van der Waals surface area (Å²) in [5.41, 5.74) is 1.61. The third kappa shape index (κ3) is 4.54. The van der Waals surface area contributed by atoms with Crippen LogP contribution in [0.4, 0.5) is 15.9 Å². The van der Waals surface area contributed by atoms with E-state index in [9.17, 15) is 9.18 Å². The molecule has 0 spiro atoms. The van der Waals surface area contributed by atoms with Crippen LogP contribution in [-0.2, 0) is 11.2 Å². The van der Waals surface area contributed by atoms with Gasteiger partial charge in [-0.3, -0.25) is 4.79 Å². The van der Waals surface area contributed by atoms with Crippen molar-refractivity contribution in [3.05, 3.63) is 47.7 Å². The molecule has 1 aliphatic rings. The minimum Gasteiger partial charge on any atom is -0.353 e. The maximum atomic E-state index is 13.0. The van der Waals surface area contributed by atoms with Gasteiger partial charge in [0.15, 0.2) is 0 Å². The van der Waals surface area contributed by atoms with Crippen LogP contribution in [-0.4, -0.2) is 41.6 Å². The van der Waals surface area contributed by atoms with Gasteiger partial charge in [-0.25, -0.2) is 14.4 Å². The van der Waals surface area contributed by atoms with E-state index in [0.717, 1.165) is 36.7 Å². The van der Waals surface area contributed by atoms with Crippen LogP contribution < -0.4 is 15.5 Å². The molecule has 0 aliphatic carbocycles. The number of hydrogen-bond donors (Lipinski definition) is 2. The van der Waals surface area contributed by atoms with Gasteiger partial charge in [-0.05, 0) is 37.6 Å². The molecule has 138 valence electrons. The van der Waals surface area contributed by atoms with Crippen LogP contribution in [0.15, 0.2) is 30.3 Å². The highest BCUT2D eigenvalue weighted by atomic mass is 19.1. The second kappa shape index (κ2) is 8.23. The minimum atomic E-state index is -0.362. The van der Waals surface area contributed by atoms with Crippen LogP contribution in [0.1, 0.15) is 24.9 Å². The molecule has 1 aromatic heterocycles. The topological polar surface area (TPSA) is 70.2 Å². The average molecular weight is 357 g/mol. The SMILES string of the molecule is CCCc1cc(N2CCNC(C(=O)Nc3ccc(F)cc3)C2)nc(C)n1. The van der Waals surface area contributed by atoms with Gasteiger partial charge in [0.25, 0.3) is 0 Å². The summed E-state index contributed by atoms with van der Waals surface area (Å²) in [6, 6.07) is 7.41. The first kappa shape index (κ1) is 18.3. The van der Waals surface area contributed by atoms with Gasteiger partial charge < -0.3 is 15.5 Å². The van der Waals surface area contributed by atoms with E-state index < -0.39 is 0 Å². The van der Waals surface area contributed by atoms with E-state index in [1.807, 2.05) is 13.0 Å². The Bertz CT molecular complexity index is 765. The Morgan fingerprint density at radius 1 is 1.35 bits per heavy atom. The molecule has 6 nitrogen and oxygen atoms in total. The summed E-state index contributed by atoms with van der Waals surface area (Å²) in [6.07, 6.45) is 1.94. The number of nitrogens with one attached hydrogen (secondary N) is 2. The second-order valence-corrected chi connectivity index (χ2v) is 6.46. The van der Waals surface area contributed by atoms with Crippen LogP contribution >= 0.6 is 0 Å². The van der Waals surface area contributed by atoms with Crippen LogP contribution in [0.25, 0.3) is 0 Å². The Morgan fingerprint density at radius 2 is 2.12 bits per heavy atom. The molecule has 1 fully saturated rings. The van der Waals surface area contributed by atoms with Gasteiger partial charge in [0.05, 0.1) is 0 Å². The zero-order chi connectivity index (χ0) is 18.5. The molecule has 0 saturated carbocycles. The van der Waals surface area contributed by atoms with Crippen molar-refractivity contribution in [1.82, 2.24) is 15.3 Å². The number of carbonyl (C=O) groups excluding carboxylic acids is 1. The number of aromatic nitrogens is 2. The van der Waals surface area contributed by atoms with Gasteiger partial charge >= 0.3 is 0 Å². The average Bonchev–Trinajstić information content (AvgIpc) is 2.63. The Hall–Kier alpha value is -2.54. The number of rotatable bonds is 5. The Morgan fingerprint density at radius 3 is 2.85 bits per heavy atom. The summed E-state index contributed by atoms with van der Waals surface area (Å²) in [4.78, 5) is 23.7. The van der Waals surface area contributed by atoms with Crippen LogP contribution in [0, 0.1) is 12.7 Å². The van der Waals surface area contributed by atoms with Gasteiger partial charge in [0.2, 0.25) is 5.91 Å². The van der Waals surface area contributed by atoms with Crippen LogP contribution in [0.2, 0.25) is 0 Å². The van der Waals surface area contributed by atoms with E-state index in [1.165, 1.54) is 12.1 Å². The number of aryl methyl sites for hydroxylation is 2. The standard InChI is InChI=1S/C19H24FN5O/c1-3-4-16-11-18(23-13(2)22-16)25-10-9-21-17(12-25)19(26)24-15-7-5-14(20)6-8-15/h5-8,11,17,21H,3-4,9-10,12H2,1-2H3,(H,24,26). The number of carbonyl (C=O) groups is 1. The molecule has 2 aromatic rings. The third-order valence-electron chi connectivity index (χ3n) is 4.31. The highest BCUT2D eigenvalue weighted by Gasteiger charge is 2.26. The highest BCUT2D eigenvalue weighted by molar-refractivity contribution is 5.95. The molecule has 1 aliphatic heterocycles. The van der Waals surface area contributed by atoms with E-state index in [0.29, 0.717) is 18.8 Å². The molecule has 1 saturated heterocycles. The summed E-state index contributed by atoms with van der Waals surface area (Å²) >= 11 is 0. The van der Waals surface area contributed by atoms with Gasteiger partial charge in [-0.2, -0.15) is 0 Å². The van der Waals surface area contributed by atoms with Crippen molar-refractivity contribution < 1.29 is 9.18 Å². The fourth-order valence-electron chi connectivity index (χ4n) is 3.05. The Kier molecular flexibility index (Phi) is 5.78. The molecule has 1 atom stereocenters. The van der Waals surface area contributed by atoms with E-state index in [4.69, 9.17) is 0 Å². The zero-order valence-corrected chi connectivity index (χ0v) is 15.1. The lowest BCUT2D eigenvalue weighted by molar-refractivity contribution is -0.118. The van der Waals surface area contributed by atoms with Gasteiger partial charge in [-0.1, -0.05) is 13.3 Å². The molecule has 3 rings (SSSR count). The van der Waals surface area contributed by atoms with Crippen molar-refractivity contribution in [3.63, 3.8) is 0 Å². The molecule has 1 aromatic carbocycles. The number of anilines is 2. The first-order valence-corrected chi connectivity index (χ1v) is 8.94. The zero-order valence-electron chi connectivity index (χ0n) is 15.1. The lowest BCUT2D eigenvalue weighted by Gasteiger charge is -2.34. The smallest absolute Gasteiger partial charge is 0.243 e. The number of benzene rings is 1. The van der Waals surface area contributed by atoms with Crippen molar-refractivity contribution in [1.29, 1.82) is 0 Å². The third-order valence-corrected chi connectivity index (χ3v) is 4.31. The van der Waals surface area contributed by atoms with Gasteiger partial charge in [0, 0.05) is 37.1 Å². The van der Waals surface area contributed by atoms with Crippen molar-refractivity contribution in [2.45, 2.75) is 32.7 Å². The summed E-state index contributed by atoms with van der Waals surface area (Å²) < 4.78 is 13.0. The van der Waals surface area contributed by atoms with Crippen molar-refractivity contribution >= 4 is 17.4 Å². The largest absolute Gasteiger partial charge is 0.353 e. The normalized spacial score (nSPS) is 17.2. The molecule has 0 bridgehead atoms. The number of hydrogen-bond acceptors (Lipinski definition) is 5. The van der Waals surface area contributed by atoms with Crippen LogP contribution in [0.5, 0.6) is 0 Å². The quantitative estimate of drug-likeness (QED) is 0.859. The maximum absolute atomic E-state index is 13.0. The summed E-state index contributed by atoms with van der Waals surface area (Å²) in [5, 5.41) is 6.06. The molecule has 0 radical (unpaired) electrons. The minimum absolute atomic E-state index is 0.138. The fraction of sp³-hybridized carbons (Fsp3) is 0.421. The fourth-order valence-corrected chi connectivity index (χ4v) is 3.05. The number of nitrogens with zero attached hydrogens (tertiary/aromatic N) is 3. The molecule has 1 amide bonds. The molecule has 1 unspecified atom stereocenters. The summed E-state index contributed by atoms with van der Waals surface area (Å²) in [6.45, 7) is 6.01. The second-order valence-electron chi connectivity index (χ2n) is 6.46. The van der Waals surface area contributed by atoms with Gasteiger partial charge in [0.1, 0.15) is 23.5 Å². The number of amides is 1. The maximum Gasteiger partial charge on any atom is 0.243 e. The number of halogens is 1. The first-order chi connectivity index (χ1) is 12.5. The van der Waals surface area contributed by atoms with E-state index >= 15 is 0 Å². The predicted octanol–water partition coefficient (Wildman–Crippen LogP) is 2.29. The van der Waals surface area contributed by atoms with Crippen molar-refractivity contribution in [2.75, 3.05) is 29.9 Å². The predicted molar refractivity (Wildman–Crippen MR) is 99.8 cm³/mol. The monoisotopic (exact) mass is 357 g/mol. The molecule has 26 heavy (non-hydrogen) atoms. The Balaban J connectivity index is 1.68. The Labute approximate surface area is 152 Å². The molecule has 2 N–H and O–H groups in total. The highest BCUT2D eigenvalue weighted by Crippen LogP contribution is 2.17. The molecular formula is C19H24FN5O. The molecule has 7 heteroatoms. The van der Waals surface area contributed by atoms with E-state index in [1.54, 1.807) is 12.1 Å². The lowest BCUT2D eigenvalue weighted by Crippen LogP contribution is -2.56. The van der Waals surface area contributed by atoms with Crippen molar-refractivity contribution in [2.24, 2.45) is 0 Å². The van der Waals surface area contributed by atoms with E-state index in [2.05, 4.69) is 32.4 Å². The number of piperazine rings is 1. The molecular weight excluding hydrogens is 333 g/mol.